The maximum Gasteiger partial charge on any atom is 0.263 e. The minimum Gasteiger partial charge on any atom is -0.283 e. The van der Waals surface area contributed by atoms with E-state index in [1.54, 1.807) is 23.1 Å². The Hall–Kier alpha value is -2.37. The van der Waals surface area contributed by atoms with Crippen LogP contribution in [0.2, 0.25) is 0 Å². The molecule has 1 aliphatic carbocycles. The lowest BCUT2D eigenvalue weighted by molar-refractivity contribution is 0.658. The predicted molar refractivity (Wildman–Crippen MR) is 128 cm³/mol. The van der Waals surface area contributed by atoms with E-state index in [-0.39, 0.29) is 5.56 Å². The molecule has 2 heterocycles. The molecule has 2 aromatic heterocycles. The number of fused-ring (bicyclic) bond motifs is 5. The Morgan fingerprint density at radius 2 is 1.87 bits per heavy atom. The summed E-state index contributed by atoms with van der Waals surface area (Å²) in [6, 6.07) is 18.8. The van der Waals surface area contributed by atoms with E-state index >= 15 is 0 Å². The molecule has 5 rings (SSSR count). The molecule has 152 valence electrons. The molecule has 0 amide bonds. The van der Waals surface area contributed by atoms with Crippen LogP contribution in [-0.2, 0) is 19.4 Å². The predicted octanol–water partition coefficient (Wildman–Crippen LogP) is 6.16. The zero-order valence-corrected chi connectivity index (χ0v) is 18.7. The highest BCUT2D eigenvalue weighted by Gasteiger charge is 2.25. The summed E-state index contributed by atoms with van der Waals surface area (Å²) in [6.45, 7) is 2.76. The summed E-state index contributed by atoms with van der Waals surface area (Å²) in [5, 5.41) is 1.68. The molecule has 30 heavy (non-hydrogen) atoms. The second kappa shape index (κ2) is 8.40. The van der Waals surface area contributed by atoms with Crippen molar-refractivity contribution in [3.63, 3.8) is 0 Å². The number of thioether (sulfide) groups is 1. The Morgan fingerprint density at radius 1 is 1.07 bits per heavy atom. The van der Waals surface area contributed by atoms with Crippen molar-refractivity contribution in [1.29, 1.82) is 0 Å². The number of hydrogen-bond acceptors (Lipinski definition) is 4. The van der Waals surface area contributed by atoms with Gasteiger partial charge in [-0.15, -0.1) is 11.3 Å². The summed E-state index contributed by atoms with van der Waals surface area (Å²) < 4.78 is 1.89. The minimum absolute atomic E-state index is 0.111. The first kappa shape index (κ1) is 19.6. The van der Waals surface area contributed by atoms with Crippen molar-refractivity contribution >= 4 is 33.3 Å². The normalized spacial score (nSPS) is 12.7. The average molecular weight is 433 g/mol. The number of aromatic nitrogens is 2. The van der Waals surface area contributed by atoms with E-state index in [4.69, 9.17) is 4.98 Å². The number of hydrogen-bond donors (Lipinski definition) is 0. The fourth-order valence-corrected chi connectivity index (χ4v) is 6.53. The molecule has 0 bridgehead atoms. The van der Waals surface area contributed by atoms with Crippen LogP contribution in [0.15, 0.2) is 64.5 Å². The topological polar surface area (TPSA) is 34.9 Å². The van der Waals surface area contributed by atoms with Gasteiger partial charge < -0.3 is 0 Å². The molecule has 0 saturated heterocycles. The van der Waals surface area contributed by atoms with Crippen molar-refractivity contribution in [2.24, 2.45) is 0 Å². The van der Waals surface area contributed by atoms with Gasteiger partial charge in [0.05, 0.1) is 11.9 Å². The standard InChI is InChI=1S/C25H24N2OS2/c1-2-3-15-29-25-26-23-21(24(28)27(25)16-17-9-5-4-6-10-17)20-14-13-18-11-7-8-12-19(18)22(20)30-23/h4-12H,2-3,13-16H2,1H3. The van der Waals surface area contributed by atoms with Crippen LogP contribution in [0.4, 0.5) is 0 Å². The maximum absolute atomic E-state index is 13.7. The lowest BCUT2D eigenvalue weighted by atomic mass is 9.90. The second-order valence-corrected chi connectivity index (χ2v) is 9.78. The smallest absolute Gasteiger partial charge is 0.263 e. The number of benzene rings is 2. The Bertz CT molecular complexity index is 1260. The molecule has 0 atom stereocenters. The first-order valence-corrected chi connectivity index (χ1v) is 12.4. The van der Waals surface area contributed by atoms with Gasteiger partial charge in [0.1, 0.15) is 4.83 Å². The van der Waals surface area contributed by atoms with Gasteiger partial charge in [-0.05, 0) is 41.5 Å². The number of unbranched alkanes of at least 4 members (excludes halogenated alkanes) is 1. The van der Waals surface area contributed by atoms with Crippen molar-refractivity contribution in [1.82, 2.24) is 9.55 Å². The van der Waals surface area contributed by atoms with Crippen LogP contribution in [0.25, 0.3) is 20.7 Å². The average Bonchev–Trinajstić information content (AvgIpc) is 3.16. The van der Waals surface area contributed by atoms with Gasteiger partial charge >= 0.3 is 0 Å². The molecule has 0 unspecified atom stereocenters. The van der Waals surface area contributed by atoms with E-state index in [2.05, 4.69) is 43.3 Å². The highest BCUT2D eigenvalue weighted by molar-refractivity contribution is 7.99. The van der Waals surface area contributed by atoms with Crippen LogP contribution < -0.4 is 5.56 Å². The third-order valence-electron chi connectivity index (χ3n) is 5.69. The molecule has 3 nitrogen and oxygen atoms in total. The molecule has 1 aliphatic rings. The van der Waals surface area contributed by atoms with E-state index in [0.717, 1.165) is 52.4 Å². The Balaban J connectivity index is 1.68. The van der Waals surface area contributed by atoms with E-state index in [1.807, 2.05) is 22.8 Å². The number of nitrogens with zero attached hydrogens (tertiary/aromatic N) is 2. The molecule has 0 fully saturated rings. The molecule has 5 heteroatoms. The van der Waals surface area contributed by atoms with Gasteiger partial charge in [0, 0.05) is 10.6 Å². The van der Waals surface area contributed by atoms with Crippen molar-refractivity contribution in [2.75, 3.05) is 5.75 Å². The summed E-state index contributed by atoms with van der Waals surface area (Å²) >= 11 is 3.40. The number of rotatable bonds is 6. The van der Waals surface area contributed by atoms with Crippen LogP contribution in [-0.4, -0.2) is 15.3 Å². The zero-order chi connectivity index (χ0) is 20.5. The van der Waals surface area contributed by atoms with Gasteiger partial charge in [-0.1, -0.05) is 79.7 Å². The van der Waals surface area contributed by atoms with Gasteiger partial charge in [0.25, 0.3) is 5.56 Å². The van der Waals surface area contributed by atoms with Crippen molar-refractivity contribution in [2.45, 2.75) is 44.3 Å². The molecular weight excluding hydrogens is 408 g/mol. The number of thiophene rings is 1. The second-order valence-electron chi connectivity index (χ2n) is 7.72. The van der Waals surface area contributed by atoms with Gasteiger partial charge in [0.2, 0.25) is 0 Å². The lowest BCUT2D eigenvalue weighted by Crippen LogP contribution is -2.24. The molecule has 0 N–H and O–H groups in total. The summed E-state index contributed by atoms with van der Waals surface area (Å²) in [6.07, 6.45) is 4.16. The first-order valence-electron chi connectivity index (χ1n) is 10.6. The molecule has 0 aliphatic heterocycles. The summed E-state index contributed by atoms with van der Waals surface area (Å²) in [4.78, 5) is 20.9. The zero-order valence-electron chi connectivity index (χ0n) is 17.1. The summed E-state index contributed by atoms with van der Waals surface area (Å²) in [5.41, 5.74) is 5.08. The fraction of sp³-hybridized carbons (Fsp3) is 0.280. The lowest BCUT2D eigenvalue weighted by Gasteiger charge is -2.16. The minimum atomic E-state index is 0.111. The van der Waals surface area contributed by atoms with Crippen LogP contribution in [0.1, 0.15) is 36.5 Å². The third-order valence-corrected chi connectivity index (χ3v) is 7.92. The highest BCUT2D eigenvalue weighted by atomic mass is 32.2. The molecule has 0 spiro atoms. The molecule has 2 aromatic carbocycles. The molecular formula is C25H24N2OS2. The fourth-order valence-electron chi connectivity index (χ4n) is 4.12. The van der Waals surface area contributed by atoms with E-state index in [9.17, 15) is 4.79 Å². The van der Waals surface area contributed by atoms with E-state index < -0.39 is 0 Å². The largest absolute Gasteiger partial charge is 0.283 e. The highest BCUT2D eigenvalue weighted by Crippen LogP contribution is 2.42. The first-order chi connectivity index (χ1) is 14.8. The molecule has 0 radical (unpaired) electrons. The van der Waals surface area contributed by atoms with Gasteiger partial charge in [0.15, 0.2) is 5.16 Å². The van der Waals surface area contributed by atoms with Crippen molar-refractivity contribution in [3.05, 3.63) is 81.6 Å². The van der Waals surface area contributed by atoms with E-state index in [0.29, 0.717) is 6.54 Å². The Labute approximate surface area is 184 Å². The summed E-state index contributed by atoms with van der Waals surface area (Å²) in [7, 11) is 0. The Kier molecular flexibility index (Phi) is 5.48. The summed E-state index contributed by atoms with van der Waals surface area (Å²) in [5.74, 6) is 0.983. The SMILES string of the molecule is CCCCSc1nc2sc3c(c2c(=O)n1Cc1ccccc1)CCc1ccccc1-3. The Morgan fingerprint density at radius 3 is 2.70 bits per heavy atom. The van der Waals surface area contributed by atoms with Gasteiger partial charge in [-0.25, -0.2) is 4.98 Å². The maximum atomic E-state index is 13.7. The van der Waals surface area contributed by atoms with Gasteiger partial charge in [-0.3, -0.25) is 9.36 Å². The van der Waals surface area contributed by atoms with Gasteiger partial charge in [-0.2, -0.15) is 0 Å². The monoisotopic (exact) mass is 432 g/mol. The van der Waals surface area contributed by atoms with Crippen molar-refractivity contribution in [3.8, 4) is 10.4 Å². The van der Waals surface area contributed by atoms with Crippen LogP contribution >= 0.6 is 23.1 Å². The van der Waals surface area contributed by atoms with E-state index in [1.165, 1.54) is 21.6 Å². The van der Waals surface area contributed by atoms with Crippen LogP contribution in [0.3, 0.4) is 0 Å². The third kappa shape index (κ3) is 3.50. The number of aryl methyl sites for hydroxylation is 2. The van der Waals surface area contributed by atoms with Crippen molar-refractivity contribution < 1.29 is 0 Å². The van der Waals surface area contributed by atoms with Crippen LogP contribution in [0, 0.1) is 0 Å². The molecule has 4 aromatic rings. The quantitative estimate of drug-likeness (QED) is 0.208. The van der Waals surface area contributed by atoms with Crippen LogP contribution in [0.5, 0.6) is 0 Å². The molecule has 0 saturated carbocycles.